The van der Waals surface area contributed by atoms with Crippen molar-refractivity contribution in [3.63, 3.8) is 0 Å². The molecule has 0 saturated heterocycles. The fraction of sp³-hybridized carbons (Fsp3) is 0.200. The molecule has 2 heteroatoms. The van der Waals surface area contributed by atoms with Crippen molar-refractivity contribution in [2.45, 2.75) is 12.5 Å². The summed E-state index contributed by atoms with van der Waals surface area (Å²) >= 11 is 0. The maximum atomic E-state index is 3.49. The topological polar surface area (TPSA) is 12.0 Å². The summed E-state index contributed by atoms with van der Waals surface area (Å²) in [4.78, 5) is 0. The van der Waals surface area contributed by atoms with Crippen molar-refractivity contribution < 1.29 is 12.4 Å². The summed E-state index contributed by atoms with van der Waals surface area (Å²) < 4.78 is 0. The largest absolute Gasteiger partial charge is 1.00 e. The van der Waals surface area contributed by atoms with E-state index in [1.807, 2.05) is 0 Å². The Balaban J connectivity index is 0.00000108. The number of halogens is 1. The number of hydrogen-bond acceptors (Lipinski definition) is 1. The highest BCUT2D eigenvalue weighted by Gasteiger charge is 2.20. The lowest BCUT2D eigenvalue weighted by molar-refractivity contribution is -0.00000316. The van der Waals surface area contributed by atoms with E-state index >= 15 is 0 Å². The molecule has 88 valence electrons. The molecule has 1 atom stereocenters. The highest BCUT2D eigenvalue weighted by molar-refractivity contribution is 5.39. The number of hydrogen-bond donors (Lipinski definition) is 1. The zero-order valence-electron chi connectivity index (χ0n) is 9.57. The molecule has 2 aromatic rings. The zero-order chi connectivity index (χ0) is 10.8. The summed E-state index contributed by atoms with van der Waals surface area (Å²) in [6.07, 6.45) is 0. The molecule has 3 rings (SSSR count). The normalized spacial score (nSPS) is 18.0. The Morgan fingerprint density at radius 1 is 0.882 bits per heavy atom. The van der Waals surface area contributed by atoms with Crippen LogP contribution in [0.15, 0.2) is 54.6 Å². The molecule has 17 heavy (non-hydrogen) atoms. The lowest BCUT2D eigenvalue weighted by Crippen LogP contribution is -3.00. The van der Waals surface area contributed by atoms with Crippen molar-refractivity contribution in [3.05, 3.63) is 71.3 Å². The fourth-order valence-corrected chi connectivity index (χ4v) is 2.48. The van der Waals surface area contributed by atoms with Gasteiger partial charge in [-0.05, 0) is 16.7 Å². The predicted molar refractivity (Wildman–Crippen MR) is 66.4 cm³/mol. The van der Waals surface area contributed by atoms with Crippen LogP contribution in [-0.4, -0.2) is 6.54 Å². The van der Waals surface area contributed by atoms with Gasteiger partial charge in [0.05, 0.1) is 0 Å². The molecule has 0 aliphatic carbocycles. The summed E-state index contributed by atoms with van der Waals surface area (Å²) in [6.45, 7) is 2.04. The smallest absolute Gasteiger partial charge is 0.0218 e. The first kappa shape index (κ1) is 12.2. The first-order valence-corrected chi connectivity index (χ1v) is 5.78. The minimum atomic E-state index is 0. The average Bonchev–Trinajstić information content (AvgIpc) is 2.39. The van der Waals surface area contributed by atoms with Crippen molar-refractivity contribution in [2.75, 3.05) is 6.54 Å². The lowest BCUT2D eigenvalue weighted by Gasteiger charge is -2.26. The van der Waals surface area contributed by atoms with E-state index in [9.17, 15) is 0 Å². The second-order valence-electron chi connectivity index (χ2n) is 4.29. The third-order valence-electron chi connectivity index (χ3n) is 3.30. The van der Waals surface area contributed by atoms with Gasteiger partial charge in [0.25, 0.3) is 0 Å². The number of nitrogens with one attached hydrogen (secondary N) is 1. The molecule has 0 bridgehead atoms. The highest BCUT2D eigenvalue weighted by Crippen LogP contribution is 2.29. The zero-order valence-corrected chi connectivity index (χ0v) is 10.3. The third-order valence-corrected chi connectivity index (χ3v) is 3.30. The van der Waals surface area contributed by atoms with Crippen molar-refractivity contribution in [3.8, 4) is 0 Å². The lowest BCUT2D eigenvalue weighted by atomic mass is 9.86. The number of rotatable bonds is 1. The molecular weight excluding hydrogens is 230 g/mol. The van der Waals surface area contributed by atoms with E-state index in [2.05, 4.69) is 59.9 Å². The Labute approximate surface area is 108 Å². The van der Waals surface area contributed by atoms with Crippen LogP contribution in [0.4, 0.5) is 0 Å². The van der Waals surface area contributed by atoms with Gasteiger partial charge < -0.3 is 17.7 Å². The number of fused-ring (bicyclic) bond motifs is 1. The van der Waals surface area contributed by atoms with Crippen LogP contribution in [0.1, 0.15) is 22.6 Å². The van der Waals surface area contributed by atoms with Crippen molar-refractivity contribution in [2.24, 2.45) is 0 Å². The standard InChI is InChI=1S/C15H15N.ClH/c1-2-6-12(7-3-1)15-11-16-10-13-8-4-5-9-14(13)15;/h1-9,15-16H,10-11H2;1H/p-1. The fourth-order valence-electron chi connectivity index (χ4n) is 2.48. The maximum Gasteiger partial charge on any atom is 0.0218 e. The van der Waals surface area contributed by atoms with Crippen LogP contribution >= 0.6 is 0 Å². The molecule has 0 amide bonds. The van der Waals surface area contributed by atoms with Gasteiger partial charge in [0, 0.05) is 19.0 Å². The van der Waals surface area contributed by atoms with Crippen molar-refractivity contribution in [1.82, 2.24) is 5.32 Å². The molecule has 0 spiro atoms. The van der Waals surface area contributed by atoms with Crippen LogP contribution in [0.2, 0.25) is 0 Å². The molecule has 2 aromatic carbocycles. The van der Waals surface area contributed by atoms with Gasteiger partial charge in [-0.3, -0.25) is 0 Å². The molecule has 1 unspecified atom stereocenters. The van der Waals surface area contributed by atoms with Crippen LogP contribution in [-0.2, 0) is 6.54 Å². The Kier molecular flexibility index (Phi) is 3.82. The maximum absolute atomic E-state index is 3.49. The van der Waals surface area contributed by atoms with Crippen molar-refractivity contribution in [1.29, 1.82) is 0 Å². The Morgan fingerprint density at radius 3 is 2.41 bits per heavy atom. The predicted octanol–water partition coefficient (Wildman–Crippen LogP) is -0.0743. The van der Waals surface area contributed by atoms with E-state index < -0.39 is 0 Å². The highest BCUT2D eigenvalue weighted by atomic mass is 35.5. The molecule has 0 fully saturated rings. The van der Waals surface area contributed by atoms with Gasteiger partial charge in [-0.15, -0.1) is 0 Å². The molecule has 0 saturated carbocycles. The van der Waals surface area contributed by atoms with E-state index in [4.69, 9.17) is 0 Å². The third kappa shape index (κ3) is 2.36. The van der Waals surface area contributed by atoms with Crippen LogP contribution < -0.4 is 17.7 Å². The van der Waals surface area contributed by atoms with Gasteiger partial charge in [-0.1, -0.05) is 54.6 Å². The van der Waals surface area contributed by atoms with Gasteiger partial charge in [0.2, 0.25) is 0 Å². The average molecular weight is 245 g/mol. The van der Waals surface area contributed by atoms with Gasteiger partial charge >= 0.3 is 0 Å². The van der Waals surface area contributed by atoms with Gasteiger partial charge in [0.1, 0.15) is 0 Å². The quantitative estimate of drug-likeness (QED) is 0.741. The van der Waals surface area contributed by atoms with Crippen LogP contribution in [0.3, 0.4) is 0 Å². The first-order valence-electron chi connectivity index (χ1n) is 5.78. The monoisotopic (exact) mass is 244 g/mol. The molecule has 1 N–H and O–H groups in total. The van der Waals surface area contributed by atoms with E-state index in [1.54, 1.807) is 0 Å². The van der Waals surface area contributed by atoms with Crippen LogP contribution in [0.25, 0.3) is 0 Å². The molecule has 1 aliphatic heterocycles. The molecule has 1 nitrogen and oxygen atoms in total. The Bertz CT molecular complexity index is 481. The summed E-state index contributed by atoms with van der Waals surface area (Å²) in [6, 6.07) is 19.5. The number of benzene rings is 2. The van der Waals surface area contributed by atoms with Gasteiger partial charge in [-0.25, -0.2) is 0 Å². The molecular formula is C15H15ClN-. The van der Waals surface area contributed by atoms with Gasteiger partial charge in [0.15, 0.2) is 0 Å². The second-order valence-corrected chi connectivity index (χ2v) is 4.29. The Morgan fingerprint density at radius 2 is 1.59 bits per heavy atom. The van der Waals surface area contributed by atoms with Crippen molar-refractivity contribution >= 4 is 0 Å². The summed E-state index contributed by atoms with van der Waals surface area (Å²) in [5, 5.41) is 3.49. The molecule has 1 aliphatic rings. The minimum absolute atomic E-state index is 0. The minimum Gasteiger partial charge on any atom is -1.00 e. The van der Waals surface area contributed by atoms with E-state index in [0.29, 0.717) is 5.92 Å². The van der Waals surface area contributed by atoms with E-state index in [0.717, 1.165) is 13.1 Å². The second kappa shape index (κ2) is 5.35. The summed E-state index contributed by atoms with van der Waals surface area (Å²) in [7, 11) is 0. The summed E-state index contributed by atoms with van der Waals surface area (Å²) in [5.41, 5.74) is 4.32. The molecule has 0 aromatic heterocycles. The van der Waals surface area contributed by atoms with E-state index in [1.165, 1.54) is 16.7 Å². The SMILES string of the molecule is [Cl-].c1ccc(C2CNCc3ccccc32)cc1. The molecule has 1 heterocycles. The van der Waals surface area contributed by atoms with E-state index in [-0.39, 0.29) is 12.4 Å². The first-order chi connectivity index (χ1) is 7.95. The summed E-state index contributed by atoms with van der Waals surface area (Å²) in [5.74, 6) is 0.506. The molecule has 0 radical (unpaired) electrons. The van der Waals surface area contributed by atoms with Gasteiger partial charge in [-0.2, -0.15) is 0 Å². The Hall–Kier alpha value is -1.31. The van der Waals surface area contributed by atoms with Crippen LogP contribution in [0.5, 0.6) is 0 Å². The van der Waals surface area contributed by atoms with Crippen LogP contribution in [0, 0.1) is 0 Å².